The lowest BCUT2D eigenvalue weighted by molar-refractivity contribution is -0.292. The predicted molar refractivity (Wildman–Crippen MR) is 51.3 cm³/mol. The van der Waals surface area contributed by atoms with Crippen molar-refractivity contribution in [1.82, 2.24) is 15.3 Å². The summed E-state index contributed by atoms with van der Waals surface area (Å²) in [6.07, 6.45) is -10.8. The van der Waals surface area contributed by atoms with Crippen LogP contribution in [0.3, 0.4) is 0 Å². The normalized spacial score (nSPS) is 13.3. The predicted octanol–water partition coefficient (Wildman–Crippen LogP) is 2.28. The minimum atomic E-state index is -5.85. The number of nitrogens with zero attached hydrogens (tertiary/aromatic N) is 1. The maximum absolute atomic E-state index is 12.8. The summed E-state index contributed by atoms with van der Waals surface area (Å²) in [6, 6.07) is 0. The summed E-state index contributed by atoms with van der Waals surface area (Å²) < 4.78 is 97.2. The van der Waals surface area contributed by atoms with Gasteiger partial charge in [0.15, 0.2) is 5.82 Å². The van der Waals surface area contributed by atoms with Gasteiger partial charge in [-0.2, -0.15) is 35.1 Å². The van der Waals surface area contributed by atoms with E-state index in [-0.39, 0.29) is 5.69 Å². The Labute approximate surface area is 111 Å². The van der Waals surface area contributed by atoms with Crippen LogP contribution in [0.25, 0.3) is 0 Å². The van der Waals surface area contributed by atoms with Gasteiger partial charge in [0.1, 0.15) is 0 Å². The van der Waals surface area contributed by atoms with Crippen molar-refractivity contribution >= 4 is 5.91 Å². The van der Waals surface area contributed by atoms with Crippen molar-refractivity contribution in [1.29, 1.82) is 0 Å². The average molecular weight is 325 g/mol. The van der Waals surface area contributed by atoms with Gasteiger partial charge in [-0.25, -0.2) is 4.98 Å². The van der Waals surface area contributed by atoms with Gasteiger partial charge < -0.3 is 10.3 Å². The zero-order valence-corrected chi connectivity index (χ0v) is 9.87. The van der Waals surface area contributed by atoms with Crippen LogP contribution in [0.2, 0.25) is 0 Å². The first-order valence-electron chi connectivity index (χ1n) is 5.19. The lowest BCUT2D eigenvalue weighted by atomic mass is 10.3. The highest BCUT2D eigenvalue weighted by Crippen LogP contribution is 2.42. The number of amides is 1. The van der Waals surface area contributed by atoms with Gasteiger partial charge in [-0.3, -0.25) is 4.79 Å². The smallest absolute Gasteiger partial charge is 0.348 e. The topological polar surface area (TPSA) is 57.8 Å². The van der Waals surface area contributed by atoms with E-state index >= 15 is 0 Å². The Morgan fingerprint density at radius 3 is 2.19 bits per heavy atom. The molecule has 12 heteroatoms. The van der Waals surface area contributed by atoms with Gasteiger partial charge in [0, 0.05) is 24.9 Å². The number of carbonyl (C=O) groups excluding carboxylic acids is 1. The third kappa shape index (κ3) is 4.04. The van der Waals surface area contributed by atoms with Gasteiger partial charge >= 0.3 is 24.2 Å². The molecule has 4 nitrogen and oxygen atoms in total. The summed E-state index contributed by atoms with van der Waals surface area (Å²) >= 11 is 0. The quantitative estimate of drug-likeness (QED) is 0.835. The molecule has 0 aliphatic carbocycles. The van der Waals surface area contributed by atoms with E-state index in [0.717, 1.165) is 0 Å². The minimum absolute atomic E-state index is 0.281. The Kier molecular flexibility index (Phi) is 4.48. The van der Waals surface area contributed by atoms with Gasteiger partial charge in [-0.05, 0) is 0 Å². The molecule has 1 aromatic rings. The molecule has 1 aromatic heterocycles. The number of aromatic nitrogens is 2. The maximum atomic E-state index is 12.8. The standard InChI is InChI=1S/C9H7F8N3O/c10-7(11,9(15,16)17)5-19-3-4(20-5)1-2-18-6(21)8(12,13)14/h3H,1-2H2,(H,18,21)(H,19,20). The SMILES string of the molecule is O=C(NCCc1cnc(C(F)(F)C(F)(F)F)[nH]1)C(F)(F)F. The Morgan fingerprint density at radius 1 is 1.14 bits per heavy atom. The molecule has 0 saturated heterocycles. The highest BCUT2D eigenvalue weighted by atomic mass is 19.4. The van der Waals surface area contributed by atoms with Crippen LogP contribution in [0.5, 0.6) is 0 Å². The summed E-state index contributed by atoms with van der Waals surface area (Å²) in [4.78, 5) is 14.9. The van der Waals surface area contributed by atoms with Crippen LogP contribution < -0.4 is 5.32 Å². The monoisotopic (exact) mass is 325 g/mol. The van der Waals surface area contributed by atoms with Crippen molar-refractivity contribution in [3.8, 4) is 0 Å². The molecule has 0 aliphatic heterocycles. The number of halogens is 8. The molecule has 1 rings (SSSR count). The first-order valence-corrected chi connectivity index (χ1v) is 5.19. The number of hydrogen-bond acceptors (Lipinski definition) is 2. The minimum Gasteiger partial charge on any atom is -0.348 e. The van der Waals surface area contributed by atoms with E-state index in [9.17, 15) is 39.9 Å². The fourth-order valence-electron chi connectivity index (χ4n) is 1.19. The van der Waals surface area contributed by atoms with Crippen molar-refractivity contribution in [3.63, 3.8) is 0 Å². The van der Waals surface area contributed by atoms with E-state index in [4.69, 9.17) is 0 Å². The van der Waals surface area contributed by atoms with Gasteiger partial charge in [-0.15, -0.1) is 0 Å². The Hall–Kier alpha value is -1.88. The highest BCUT2D eigenvalue weighted by molar-refractivity contribution is 5.81. The Bertz CT molecular complexity index is 504. The van der Waals surface area contributed by atoms with Gasteiger partial charge in [-0.1, -0.05) is 0 Å². The molecule has 0 fully saturated rings. The molecule has 21 heavy (non-hydrogen) atoms. The first-order chi connectivity index (χ1) is 9.35. The molecule has 0 saturated carbocycles. The van der Waals surface area contributed by atoms with E-state index in [1.54, 1.807) is 4.98 Å². The van der Waals surface area contributed by atoms with Crippen LogP contribution in [-0.4, -0.2) is 34.8 Å². The maximum Gasteiger partial charge on any atom is 0.471 e. The molecule has 0 unspecified atom stereocenters. The van der Waals surface area contributed by atoms with Crippen LogP contribution in [0.4, 0.5) is 35.1 Å². The lowest BCUT2D eigenvalue weighted by Gasteiger charge is -2.16. The molecular formula is C9H7F8N3O. The molecule has 2 N–H and O–H groups in total. The van der Waals surface area contributed by atoms with Gasteiger partial charge in [0.25, 0.3) is 0 Å². The van der Waals surface area contributed by atoms with E-state index in [1.165, 1.54) is 5.32 Å². The van der Waals surface area contributed by atoms with Crippen LogP contribution in [0.1, 0.15) is 11.5 Å². The van der Waals surface area contributed by atoms with Crippen LogP contribution in [0, 0.1) is 0 Å². The average Bonchev–Trinajstić information content (AvgIpc) is 2.75. The number of nitrogens with one attached hydrogen (secondary N) is 2. The molecule has 0 radical (unpaired) electrons. The number of carbonyl (C=O) groups is 1. The second kappa shape index (κ2) is 5.48. The van der Waals surface area contributed by atoms with Crippen molar-refractivity contribution in [2.75, 3.05) is 6.54 Å². The fraction of sp³-hybridized carbons (Fsp3) is 0.556. The number of imidazole rings is 1. The molecule has 0 atom stereocenters. The highest BCUT2D eigenvalue weighted by Gasteiger charge is 2.60. The zero-order chi connectivity index (χ0) is 16.5. The lowest BCUT2D eigenvalue weighted by Crippen LogP contribution is -2.37. The molecule has 1 amide bonds. The third-order valence-corrected chi connectivity index (χ3v) is 2.22. The number of aromatic amines is 1. The largest absolute Gasteiger partial charge is 0.471 e. The van der Waals surface area contributed by atoms with E-state index in [0.29, 0.717) is 6.20 Å². The molecular weight excluding hydrogens is 318 g/mol. The zero-order valence-electron chi connectivity index (χ0n) is 9.87. The molecule has 0 bridgehead atoms. The Balaban J connectivity index is 2.64. The fourth-order valence-corrected chi connectivity index (χ4v) is 1.19. The molecule has 0 aromatic carbocycles. The van der Waals surface area contributed by atoms with Gasteiger partial charge in [0.2, 0.25) is 0 Å². The summed E-state index contributed by atoms with van der Waals surface area (Å²) in [5, 5.41) is 1.43. The van der Waals surface area contributed by atoms with E-state index < -0.39 is 43.0 Å². The first kappa shape index (κ1) is 17.2. The summed E-state index contributed by atoms with van der Waals surface area (Å²) in [5.74, 6) is -9.13. The Morgan fingerprint density at radius 2 is 1.71 bits per heavy atom. The number of rotatable bonds is 4. The van der Waals surface area contributed by atoms with Crippen molar-refractivity contribution in [3.05, 3.63) is 17.7 Å². The number of alkyl halides is 8. The van der Waals surface area contributed by atoms with Crippen molar-refractivity contribution < 1.29 is 39.9 Å². The molecule has 1 heterocycles. The summed E-state index contributed by atoms with van der Waals surface area (Å²) in [5.41, 5.74) is -0.281. The summed E-state index contributed by atoms with van der Waals surface area (Å²) in [7, 11) is 0. The summed E-state index contributed by atoms with van der Waals surface area (Å²) in [6.45, 7) is -0.614. The van der Waals surface area contributed by atoms with Crippen LogP contribution >= 0.6 is 0 Å². The second-order valence-electron chi connectivity index (χ2n) is 3.83. The second-order valence-corrected chi connectivity index (χ2v) is 3.83. The van der Waals surface area contributed by atoms with Gasteiger partial charge in [0.05, 0.1) is 0 Å². The molecule has 120 valence electrons. The third-order valence-electron chi connectivity index (χ3n) is 2.22. The molecule has 0 spiro atoms. The van der Waals surface area contributed by atoms with Crippen LogP contribution in [0.15, 0.2) is 6.20 Å². The van der Waals surface area contributed by atoms with E-state index in [1.807, 2.05) is 0 Å². The van der Waals surface area contributed by atoms with Crippen molar-refractivity contribution in [2.45, 2.75) is 24.7 Å². The van der Waals surface area contributed by atoms with Crippen molar-refractivity contribution in [2.24, 2.45) is 0 Å². The molecule has 0 aliphatic rings. The number of hydrogen-bond donors (Lipinski definition) is 2. The number of H-pyrrole nitrogens is 1. The van der Waals surface area contributed by atoms with E-state index in [2.05, 4.69) is 4.98 Å². The van der Waals surface area contributed by atoms with Crippen LogP contribution in [-0.2, 0) is 17.1 Å².